The van der Waals surface area contributed by atoms with Crippen LogP contribution in [0.2, 0.25) is 0 Å². The molecule has 2 aromatic rings. The summed E-state index contributed by atoms with van der Waals surface area (Å²) in [6.07, 6.45) is 1.39. The standard InChI is InChI=1S/C14H11BrFNO2/c1-19-11-3-5-14(18)9(6-11)8-17-13-4-2-10(15)7-12(13)16/h2-8,18H,1H3. The second-order valence-electron chi connectivity index (χ2n) is 3.78. The van der Waals surface area contributed by atoms with Crippen molar-refractivity contribution >= 4 is 27.8 Å². The fourth-order valence-electron chi connectivity index (χ4n) is 1.49. The molecule has 0 aliphatic carbocycles. The monoisotopic (exact) mass is 323 g/mol. The topological polar surface area (TPSA) is 41.8 Å². The van der Waals surface area contributed by atoms with E-state index in [0.29, 0.717) is 15.8 Å². The van der Waals surface area contributed by atoms with Gasteiger partial charge in [-0.25, -0.2) is 4.39 Å². The Bertz CT molecular complexity index is 629. The molecule has 0 saturated heterocycles. The maximum atomic E-state index is 13.6. The fourth-order valence-corrected chi connectivity index (χ4v) is 1.82. The van der Waals surface area contributed by atoms with Crippen molar-refractivity contribution in [1.29, 1.82) is 0 Å². The van der Waals surface area contributed by atoms with E-state index >= 15 is 0 Å². The molecule has 3 nitrogen and oxygen atoms in total. The second kappa shape index (κ2) is 5.84. The molecule has 0 amide bonds. The van der Waals surface area contributed by atoms with E-state index in [0.717, 1.165) is 0 Å². The summed E-state index contributed by atoms with van der Waals surface area (Å²) in [5, 5.41) is 9.67. The molecule has 0 bridgehead atoms. The maximum absolute atomic E-state index is 13.6. The number of nitrogens with zero attached hydrogens (tertiary/aromatic N) is 1. The molecule has 0 saturated carbocycles. The minimum absolute atomic E-state index is 0.0575. The number of hydrogen-bond donors (Lipinski definition) is 1. The van der Waals surface area contributed by atoms with Gasteiger partial charge in [-0.05, 0) is 36.4 Å². The van der Waals surface area contributed by atoms with Gasteiger partial charge in [-0.3, -0.25) is 4.99 Å². The van der Waals surface area contributed by atoms with Crippen molar-refractivity contribution in [3.63, 3.8) is 0 Å². The van der Waals surface area contributed by atoms with Crippen molar-refractivity contribution in [1.82, 2.24) is 0 Å². The number of benzene rings is 2. The molecule has 2 aromatic carbocycles. The van der Waals surface area contributed by atoms with Gasteiger partial charge in [0.05, 0.1) is 12.8 Å². The van der Waals surface area contributed by atoms with Gasteiger partial charge >= 0.3 is 0 Å². The Hall–Kier alpha value is -1.88. The molecule has 0 spiro atoms. The molecule has 0 radical (unpaired) electrons. The van der Waals surface area contributed by atoms with E-state index in [-0.39, 0.29) is 11.4 Å². The summed E-state index contributed by atoms with van der Waals surface area (Å²) in [6, 6.07) is 9.33. The number of methoxy groups -OCH3 is 1. The van der Waals surface area contributed by atoms with Gasteiger partial charge in [-0.15, -0.1) is 0 Å². The van der Waals surface area contributed by atoms with Gasteiger partial charge in [0, 0.05) is 16.3 Å². The van der Waals surface area contributed by atoms with Crippen LogP contribution in [-0.4, -0.2) is 18.4 Å². The SMILES string of the molecule is COc1ccc(O)c(C=Nc2ccc(Br)cc2F)c1. The first-order valence-electron chi connectivity index (χ1n) is 5.46. The average molecular weight is 324 g/mol. The van der Waals surface area contributed by atoms with E-state index in [1.54, 1.807) is 24.3 Å². The molecule has 1 N–H and O–H groups in total. The summed E-state index contributed by atoms with van der Waals surface area (Å²) >= 11 is 3.17. The highest BCUT2D eigenvalue weighted by Gasteiger charge is 2.03. The zero-order chi connectivity index (χ0) is 13.8. The van der Waals surface area contributed by atoms with E-state index in [9.17, 15) is 9.50 Å². The molecule has 5 heteroatoms. The van der Waals surface area contributed by atoms with E-state index < -0.39 is 5.82 Å². The van der Waals surface area contributed by atoms with Crippen molar-refractivity contribution in [2.45, 2.75) is 0 Å². The average Bonchev–Trinajstić information content (AvgIpc) is 2.39. The molecular weight excluding hydrogens is 313 g/mol. The third-order valence-corrected chi connectivity index (χ3v) is 2.98. The molecule has 0 aliphatic rings. The summed E-state index contributed by atoms with van der Waals surface area (Å²) < 4.78 is 19.3. The number of ether oxygens (including phenoxy) is 1. The van der Waals surface area contributed by atoms with Gasteiger partial charge in [-0.1, -0.05) is 15.9 Å². The van der Waals surface area contributed by atoms with E-state index in [2.05, 4.69) is 20.9 Å². The lowest BCUT2D eigenvalue weighted by Crippen LogP contribution is -1.87. The first kappa shape index (κ1) is 13.5. The molecule has 0 unspecified atom stereocenters. The number of aromatic hydroxyl groups is 1. The van der Waals surface area contributed by atoms with Gasteiger partial charge in [-0.2, -0.15) is 0 Å². The first-order chi connectivity index (χ1) is 9.10. The maximum Gasteiger partial charge on any atom is 0.149 e. The summed E-state index contributed by atoms with van der Waals surface area (Å²) in [7, 11) is 1.53. The Kier molecular flexibility index (Phi) is 4.16. The lowest BCUT2D eigenvalue weighted by atomic mass is 10.2. The Morgan fingerprint density at radius 3 is 2.74 bits per heavy atom. The number of hydrogen-bond acceptors (Lipinski definition) is 3. The Morgan fingerprint density at radius 1 is 1.26 bits per heavy atom. The quantitative estimate of drug-likeness (QED) is 0.866. The number of aliphatic imine (C=N–C) groups is 1. The van der Waals surface area contributed by atoms with Crippen LogP contribution in [0.3, 0.4) is 0 Å². The Morgan fingerprint density at radius 2 is 2.05 bits per heavy atom. The summed E-state index contributed by atoms with van der Waals surface area (Å²) in [5.74, 6) is 0.214. The summed E-state index contributed by atoms with van der Waals surface area (Å²) in [4.78, 5) is 4.02. The van der Waals surface area contributed by atoms with Crippen LogP contribution < -0.4 is 4.74 Å². The van der Waals surface area contributed by atoms with Gasteiger partial charge in [0.25, 0.3) is 0 Å². The van der Waals surface area contributed by atoms with Crippen molar-refractivity contribution in [2.75, 3.05) is 7.11 Å². The Labute approximate surface area is 118 Å². The fraction of sp³-hybridized carbons (Fsp3) is 0.0714. The van der Waals surface area contributed by atoms with Crippen LogP contribution in [-0.2, 0) is 0 Å². The first-order valence-corrected chi connectivity index (χ1v) is 6.25. The molecule has 98 valence electrons. The van der Waals surface area contributed by atoms with Gasteiger partial charge in [0.1, 0.15) is 17.3 Å². The molecule has 2 rings (SSSR count). The van der Waals surface area contributed by atoms with Crippen molar-refractivity contribution in [3.05, 3.63) is 52.3 Å². The molecule has 0 heterocycles. The largest absolute Gasteiger partial charge is 0.507 e. The molecule has 0 fully saturated rings. The van der Waals surface area contributed by atoms with Crippen LogP contribution in [0, 0.1) is 5.82 Å². The van der Waals surface area contributed by atoms with Gasteiger partial charge in [0.2, 0.25) is 0 Å². The molecule has 19 heavy (non-hydrogen) atoms. The minimum atomic E-state index is -0.437. The minimum Gasteiger partial charge on any atom is -0.507 e. The van der Waals surface area contributed by atoms with Crippen LogP contribution in [0.25, 0.3) is 0 Å². The third kappa shape index (κ3) is 3.32. The molecule has 0 aromatic heterocycles. The van der Waals surface area contributed by atoms with Gasteiger partial charge < -0.3 is 9.84 Å². The normalized spacial score (nSPS) is 10.9. The number of rotatable bonds is 3. The van der Waals surface area contributed by atoms with Crippen molar-refractivity contribution in [2.24, 2.45) is 4.99 Å². The zero-order valence-corrected chi connectivity index (χ0v) is 11.7. The molecular formula is C14H11BrFNO2. The summed E-state index contributed by atoms with van der Waals surface area (Å²) in [6.45, 7) is 0. The zero-order valence-electron chi connectivity index (χ0n) is 10.1. The van der Waals surface area contributed by atoms with Gasteiger partial charge in [0.15, 0.2) is 0 Å². The van der Waals surface area contributed by atoms with Crippen LogP contribution in [0.4, 0.5) is 10.1 Å². The van der Waals surface area contributed by atoms with E-state index in [1.807, 2.05) is 0 Å². The number of phenolic OH excluding ortho intramolecular Hbond substituents is 1. The number of halogens is 2. The number of phenols is 1. The van der Waals surface area contributed by atoms with E-state index in [4.69, 9.17) is 4.74 Å². The van der Waals surface area contributed by atoms with Crippen LogP contribution >= 0.6 is 15.9 Å². The van der Waals surface area contributed by atoms with Crippen molar-refractivity contribution < 1.29 is 14.2 Å². The van der Waals surface area contributed by atoms with Crippen LogP contribution in [0.5, 0.6) is 11.5 Å². The smallest absolute Gasteiger partial charge is 0.149 e. The third-order valence-electron chi connectivity index (χ3n) is 2.49. The molecule has 0 atom stereocenters. The second-order valence-corrected chi connectivity index (χ2v) is 4.69. The Balaban J connectivity index is 2.32. The highest BCUT2D eigenvalue weighted by molar-refractivity contribution is 9.10. The van der Waals surface area contributed by atoms with Crippen molar-refractivity contribution in [3.8, 4) is 11.5 Å². The predicted octanol–water partition coefficient (Wildman–Crippen LogP) is 4.05. The van der Waals surface area contributed by atoms with E-state index in [1.165, 1.54) is 25.5 Å². The predicted molar refractivity (Wildman–Crippen MR) is 76.0 cm³/mol. The highest BCUT2D eigenvalue weighted by atomic mass is 79.9. The molecule has 0 aliphatic heterocycles. The van der Waals surface area contributed by atoms with Crippen LogP contribution in [0.1, 0.15) is 5.56 Å². The summed E-state index contributed by atoms with van der Waals surface area (Å²) in [5.41, 5.74) is 0.659. The van der Waals surface area contributed by atoms with Crippen LogP contribution in [0.15, 0.2) is 45.9 Å². The lowest BCUT2D eigenvalue weighted by molar-refractivity contribution is 0.412. The highest BCUT2D eigenvalue weighted by Crippen LogP contribution is 2.24. The lowest BCUT2D eigenvalue weighted by Gasteiger charge is -2.03.